The van der Waals surface area contributed by atoms with Crippen molar-refractivity contribution in [1.29, 1.82) is 0 Å². The highest BCUT2D eigenvalue weighted by Gasteiger charge is 2.47. The second-order valence-corrected chi connectivity index (χ2v) is 8.78. The predicted molar refractivity (Wildman–Crippen MR) is 102 cm³/mol. The monoisotopic (exact) mass is 348 g/mol. The Balaban J connectivity index is 1.61. The van der Waals surface area contributed by atoms with Crippen molar-refractivity contribution in [2.75, 3.05) is 46.4 Å². The number of nitrogens with zero attached hydrogens (tertiary/aromatic N) is 4. The van der Waals surface area contributed by atoms with E-state index in [-0.39, 0.29) is 0 Å². The van der Waals surface area contributed by atoms with Crippen LogP contribution in [0.2, 0.25) is 0 Å². The summed E-state index contributed by atoms with van der Waals surface area (Å²) in [5.41, 5.74) is 2.91. The normalized spacial score (nSPS) is 24.6. The van der Waals surface area contributed by atoms with Gasteiger partial charge in [-0.15, -0.1) is 0 Å². The van der Waals surface area contributed by atoms with Crippen LogP contribution in [0.5, 0.6) is 0 Å². The fraction of sp³-hybridized carbons (Fsp3) is 0.850. The Morgan fingerprint density at radius 2 is 2.00 bits per heavy atom. The molecule has 2 aliphatic heterocycles. The van der Waals surface area contributed by atoms with Gasteiger partial charge in [-0.05, 0) is 50.3 Å². The summed E-state index contributed by atoms with van der Waals surface area (Å²) < 4.78 is 7.63. The molecule has 1 atom stereocenters. The fourth-order valence-electron chi connectivity index (χ4n) is 4.99. The maximum Gasteiger partial charge on any atom is 0.0597 e. The van der Waals surface area contributed by atoms with Gasteiger partial charge >= 0.3 is 0 Å². The summed E-state index contributed by atoms with van der Waals surface area (Å²) >= 11 is 0. The standard InChI is InChI=1S/C20H36N4O/c1-16(2)11-24-12-18(14-25-5)20(15-24)6-8-23(9-7-20)13-19-10-17(3)21-22(19)4/h10,16,18H,6-9,11-15H2,1-5H3/t18-/m0/s1. The molecule has 1 aromatic heterocycles. The lowest BCUT2D eigenvalue weighted by Crippen LogP contribution is -2.45. The average molecular weight is 349 g/mol. The Morgan fingerprint density at radius 1 is 1.28 bits per heavy atom. The molecule has 1 spiro atoms. The highest BCUT2D eigenvalue weighted by atomic mass is 16.5. The molecule has 0 unspecified atom stereocenters. The lowest BCUT2D eigenvalue weighted by Gasteiger charge is -2.42. The molecule has 5 nitrogen and oxygen atoms in total. The number of hydrogen-bond acceptors (Lipinski definition) is 4. The van der Waals surface area contributed by atoms with E-state index >= 15 is 0 Å². The quantitative estimate of drug-likeness (QED) is 0.791. The van der Waals surface area contributed by atoms with E-state index in [4.69, 9.17) is 4.74 Å². The van der Waals surface area contributed by atoms with Crippen LogP contribution in [0.1, 0.15) is 38.1 Å². The second-order valence-electron chi connectivity index (χ2n) is 8.78. The van der Waals surface area contributed by atoms with Gasteiger partial charge in [0.2, 0.25) is 0 Å². The van der Waals surface area contributed by atoms with Gasteiger partial charge in [0.05, 0.1) is 18.0 Å². The van der Waals surface area contributed by atoms with E-state index in [0.717, 1.165) is 24.8 Å². The molecule has 0 N–H and O–H groups in total. The zero-order valence-corrected chi connectivity index (χ0v) is 16.8. The Bertz CT molecular complexity index is 560. The number of methoxy groups -OCH3 is 1. The number of aryl methyl sites for hydroxylation is 2. The van der Waals surface area contributed by atoms with Crippen LogP contribution in [0.15, 0.2) is 6.07 Å². The molecule has 2 saturated heterocycles. The van der Waals surface area contributed by atoms with Crippen LogP contribution in [0.25, 0.3) is 0 Å². The molecule has 5 heteroatoms. The lowest BCUT2D eigenvalue weighted by atomic mass is 9.71. The van der Waals surface area contributed by atoms with E-state index in [1.165, 1.54) is 51.3 Å². The van der Waals surface area contributed by atoms with Gasteiger partial charge in [-0.2, -0.15) is 5.10 Å². The molecule has 1 aromatic rings. The molecule has 0 radical (unpaired) electrons. The second kappa shape index (κ2) is 7.77. The molecule has 0 amide bonds. The van der Waals surface area contributed by atoms with Crippen LogP contribution in [0.3, 0.4) is 0 Å². The number of piperidine rings is 1. The van der Waals surface area contributed by atoms with Gasteiger partial charge in [-0.25, -0.2) is 0 Å². The first kappa shape index (κ1) is 18.9. The van der Waals surface area contributed by atoms with Crippen molar-refractivity contribution in [1.82, 2.24) is 19.6 Å². The number of hydrogen-bond donors (Lipinski definition) is 0. The molecule has 0 aliphatic carbocycles. The lowest BCUT2D eigenvalue weighted by molar-refractivity contribution is 0.0343. The molecular formula is C20H36N4O. The molecule has 3 rings (SSSR count). The minimum absolute atomic E-state index is 0.462. The van der Waals surface area contributed by atoms with Gasteiger partial charge in [-0.1, -0.05) is 13.8 Å². The maximum absolute atomic E-state index is 5.60. The molecule has 0 bridgehead atoms. The summed E-state index contributed by atoms with van der Waals surface area (Å²) in [7, 11) is 3.92. The zero-order valence-electron chi connectivity index (χ0n) is 16.8. The van der Waals surface area contributed by atoms with Crippen LogP contribution >= 0.6 is 0 Å². The molecular weight excluding hydrogens is 312 g/mol. The molecule has 0 aromatic carbocycles. The zero-order chi connectivity index (χ0) is 18.0. The van der Waals surface area contributed by atoms with E-state index in [1.54, 1.807) is 0 Å². The van der Waals surface area contributed by atoms with E-state index in [2.05, 4.69) is 48.8 Å². The van der Waals surface area contributed by atoms with E-state index in [9.17, 15) is 0 Å². The number of aromatic nitrogens is 2. The van der Waals surface area contributed by atoms with E-state index < -0.39 is 0 Å². The Kier molecular flexibility index (Phi) is 5.86. The van der Waals surface area contributed by atoms with Crippen LogP contribution < -0.4 is 0 Å². The smallest absolute Gasteiger partial charge is 0.0597 e. The van der Waals surface area contributed by atoms with Crippen LogP contribution in [-0.4, -0.2) is 66.0 Å². The Labute approximate surface area is 153 Å². The first-order valence-corrected chi connectivity index (χ1v) is 9.85. The van der Waals surface area contributed by atoms with Crippen molar-refractivity contribution in [3.05, 3.63) is 17.5 Å². The Hall–Kier alpha value is -0.910. The summed E-state index contributed by atoms with van der Waals surface area (Å²) in [5.74, 6) is 1.43. The highest BCUT2D eigenvalue weighted by molar-refractivity contribution is 5.09. The van der Waals surface area contributed by atoms with Gasteiger partial charge in [0, 0.05) is 46.3 Å². The molecule has 25 heavy (non-hydrogen) atoms. The van der Waals surface area contributed by atoms with Crippen LogP contribution in [-0.2, 0) is 18.3 Å². The van der Waals surface area contributed by atoms with Crippen molar-refractivity contribution in [3.8, 4) is 0 Å². The number of ether oxygens (including phenoxy) is 1. The summed E-state index contributed by atoms with van der Waals surface area (Å²) in [6.07, 6.45) is 2.60. The van der Waals surface area contributed by atoms with Crippen molar-refractivity contribution >= 4 is 0 Å². The summed E-state index contributed by atoms with van der Waals surface area (Å²) in [5, 5.41) is 4.49. The van der Waals surface area contributed by atoms with Gasteiger partial charge in [0.25, 0.3) is 0 Å². The minimum atomic E-state index is 0.462. The van der Waals surface area contributed by atoms with E-state index in [1.807, 2.05) is 11.8 Å². The first-order valence-electron chi connectivity index (χ1n) is 9.85. The van der Waals surface area contributed by atoms with Crippen molar-refractivity contribution < 1.29 is 4.74 Å². The molecule has 2 fully saturated rings. The molecule has 2 aliphatic rings. The van der Waals surface area contributed by atoms with Crippen molar-refractivity contribution in [3.63, 3.8) is 0 Å². The molecule has 0 saturated carbocycles. The average Bonchev–Trinajstić information content (AvgIpc) is 3.02. The topological polar surface area (TPSA) is 33.5 Å². The minimum Gasteiger partial charge on any atom is -0.384 e. The van der Waals surface area contributed by atoms with Crippen LogP contribution in [0.4, 0.5) is 0 Å². The third kappa shape index (κ3) is 4.26. The van der Waals surface area contributed by atoms with Gasteiger partial charge < -0.3 is 9.64 Å². The van der Waals surface area contributed by atoms with Gasteiger partial charge in [0.15, 0.2) is 0 Å². The SMILES string of the molecule is COC[C@@H]1CN(CC(C)C)CC12CCN(Cc1cc(C)nn1C)CC2. The molecule has 142 valence electrons. The third-order valence-electron chi connectivity index (χ3n) is 6.21. The largest absolute Gasteiger partial charge is 0.384 e. The molecule has 3 heterocycles. The summed E-state index contributed by atoms with van der Waals surface area (Å²) in [4.78, 5) is 5.30. The fourth-order valence-corrected chi connectivity index (χ4v) is 4.99. The predicted octanol–water partition coefficient (Wildman–Crippen LogP) is 2.54. The third-order valence-corrected chi connectivity index (χ3v) is 6.21. The van der Waals surface area contributed by atoms with Crippen molar-refractivity contribution in [2.24, 2.45) is 24.3 Å². The van der Waals surface area contributed by atoms with Gasteiger partial charge in [-0.3, -0.25) is 9.58 Å². The van der Waals surface area contributed by atoms with Gasteiger partial charge in [0.1, 0.15) is 0 Å². The number of rotatable bonds is 6. The summed E-state index contributed by atoms with van der Waals surface area (Å²) in [6.45, 7) is 14.8. The van der Waals surface area contributed by atoms with E-state index in [0.29, 0.717) is 11.3 Å². The highest BCUT2D eigenvalue weighted by Crippen LogP contribution is 2.45. The summed E-state index contributed by atoms with van der Waals surface area (Å²) in [6, 6.07) is 2.22. The number of likely N-dealkylation sites (tertiary alicyclic amines) is 2. The first-order chi connectivity index (χ1) is 11.9. The van der Waals surface area contributed by atoms with Crippen LogP contribution in [0, 0.1) is 24.2 Å². The van der Waals surface area contributed by atoms with Crippen molar-refractivity contribution in [2.45, 2.75) is 40.2 Å². The Morgan fingerprint density at radius 3 is 2.56 bits per heavy atom. The maximum atomic E-state index is 5.60.